The smallest absolute Gasteiger partial charge is 0.268 e. The number of tetrazole rings is 1. The van der Waals surface area contributed by atoms with Gasteiger partial charge in [-0.1, -0.05) is 53.6 Å². The Labute approximate surface area is 149 Å². The molecule has 0 saturated heterocycles. The Bertz CT molecular complexity index is 1070. The van der Waals surface area contributed by atoms with Gasteiger partial charge in [0, 0.05) is 10.9 Å². The second kappa shape index (κ2) is 7.02. The van der Waals surface area contributed by atoms with Gasteiger partial charge in [-0.05, 0) is 34.0 Å². The van der Waals surface area contributed by atoms with Gasteiger partial charge < -0.3 is 4.74 Å². The second-order valence-electron chi connectivity index (χ2n) is 5.52. The van der Waals surface area contributed by atoms with Crippen LogP contribution in [0.2, 0.25) is 0 Å². The Morgan fingerprint density at radius 2 is 1.81 bits per heavy atom. The lowest BCUT2D eigenvalue weighted by atomic mass is 10.1. The lowest BCUT2D eigenvalue weighted by Crippen LogP contribution is -2.04. The average Bonchev–Trinajstić information content (AvgIpc) is 3.16. The van der Waals surface area contributed by atoms with Crippen LogP contribution in [0.25, 0.3) is 16.5 Å². The summed E-state index contributed by atoms with van der Waals surface area (Å²) >= 11 is 0. The maximum absolute atomic E-state index is 5.31. The third-order valence-corrected chi connectivity index (χ3v) is 3.97. The number of nitrogens with one attached hydrogen (secondary N) is 1. The summed E-state index contributed by atoms with van der Waals surface area (Å²) in [5.74, 6) is 1.17. The molecule has 4 rings (SSSR count). The quantitative estimate of drug-likeness (QED) is 0.444. The average molecular weight is 344 g/mol. The molecule has 0 amide bonds. The maximum atomic E-state index is 5.31. The third-order valence-electron chi connectivity index (χ3n) is 3.97. The molecule has 0 aliphatic rings. The lowest BCUT2D eigenvalue weighted by molar-refractivity contribution is 0.414. The highest BCUT2D eigenvalue weighted by molar-refractivity contribution is 5.90. The van der Waals surface area contributed by atoms with Gasteiger partial charge in [-0.15, -0.1) is 0 Å². The van der Waals surface area contributed by atoms with Crippen LogP contribution in [0, 0.1) is 0 Å². The van der Waals surface area contributed by atoms with E-state index >= 15 is 0 Å². The van der Waals surface area contributed by atoms with E-state index in [1.807, 2.05) is 54.6 Å². The molecular weight excluding hydrogens is 328 g/mol. The fourth-order valence-corrected chi connectivity index (χ4v) is 2.74. The number of hydrogen-bond donors (Lipinski definition) is 1. The van der Waals surface area contributed by atoms with E-state index in [9.17, 15) is 0 Å². The molecule has 0 aliphatic heterocycles. The van der Waals surface area contributed by atoms with Crippen molar-refractivity contribution in [3.63, 3.8) is 0 Å². The van der Waals surface area contributed by atoms with Crippen molar-refractivity contribution in [2.75, 3.05) is 12.5 Å². The Morgan fingerprint density at radius 3 is 2.73 bits per heavy atom. The molecule has 0 saturated carbocycles. The number of methoxy groups -OCH3 is 1. The minimum Gasteiger partial charge on any atom is -0.496 e. The molecule has 0 bridgehead atoms. The van der Waals surface area contributed by atoms with Crippen LogP contribution in [-0.4, -0.2) is 33.5 Å². The summed E-state index contributed by atoms with van der Waals surface area (Å²) in [5, 5.41) is 18.3. The van der Waals surface area contributed by atoms with Crippen LogP contribution in [0.3, 0.4) is 0 Å². The molecule has 3 aromatic carbocycles. The number of aromatic nitrogens is 4. The van der Waals surface area contributed by atoms with Gasteiger partial charge in [0.2, 0.25) is 0 Å². The minimum absolute atomic E-state index is 0.424. The normalized spacial score (nSPS) is 11.1. The number of hydrogen-bond acceptors (Lipinski definition) is 6. The molecule has 1 aromatic heterocycles. The second-order valence-corrected chi connectivity index (χ2v) is 5.52. The first-order chi connectivity index (χ1) is 12.9. The summed E-state index contributed by atoms with van der Waals surface area (Å²) in [6.45, 7) is 0. The van der Waals surface area contributed by atoms with E-state index in [1.54, 1.807) is 18.0 Å². The zero-order chi connectivity index (χ0) is 17.8. The van der Waals surface area contributed by atoms with E-state index in [0.717, 1.165) is 27.8 Å². The zero-order valence-corrected chi connectivity index (χ0v) is 14.1. The first-order valence-electron chi connectivity index (χ1n) is 8.05. The Morgan fingerprint density at radius 1 is 1.00 bits per heavy atom. The molecule has 1 heterocycles. The van der Waals surface area contributed by atoms with E-state index in [2.05, 4.69) is 38.2 Å². The van der Waals surface area contributed by atoms with Gasteiger partial charge in [0.05, 0.1) is 19.0 Å². The molecule has 0 unspecified atom stereocenters. The molecule has 0 spiro atoms. The number of nitrogens with zero attached hydrogens (tertiary/aromatic N) is 5. The topological polar surface area (TPSA) is 77.2 Å². The van der Waals surface area contributed by atoms with Crippen molar-refractivity contribution in [1.29, 1.82) is 0 Å². The summed E-state index contributed by atoms with van der Waals surface area (Å²) in [5.41, 5.74) is 4.63. The van der Waals surface area contributed by atoms with Crippen molar-refractivity contribution in [2.24, 2.45) is 5.10 Å². The predicted octanol–water partition coefficient (Wildman–Crippen LogP) is 3.27. The highest BCUT2D eigenvalue weighted by Crippen LogP contribution is 2.23. The monoisotopic (exact) mass is 344 g/mol. The van der Waals surface area contributed by atoms with E-state index in [4.69, 9.17) is 4.74 Å². The summed E-state index contributed by atoms with van der Waals surface area (Å²) < 4.78 is 6.94. The standard InChI is InChI=1S/C19H16N6O/c1-26-18-12-5-3-8-15(18)13-20-21-19-22-23-24-25(19)17-11-6-9-14-7-2-4-10-16(14)17/h2-13H,1H3,(H,21,22,24)/b20-13-. The third kappa shape index (κ3) is 2.98. The Kier molecular flexibility index (Phi) is 4.26. The molecule has 7 heteroatoms. The van der Waals surface area contributed by atoms with Crippen LogP contribution in [0.5, 0.6) is 5.75 Å². The summed E-state index contributed by atoms with van der Waals surface area (Å²) in [6, 6.07) is 21.7. The van der Waals surface area contributed by atoms with Crippen molar-refractivity contribution >= 4 is 22.9 Å². The molecule has 0 fully saturated rings. The van der Waals surface area contributed by atoms with Crippen molar-refractivity contribution < 1.29 is 4.74 Å². The van der Waals surface area contributed by atoms with Crippen LogP contribution in [0.1, 0.15) is 5.56 Å². The molecular formula is C19H16N6O. The van der Waals surface area contributed by atoms with Crippen molar-refractivity contribution in [1.82, 2.24) is 20.2 Å². The number of anilines is 1. The molecule has 7 nitrogen and oxygen atoms in total. The number of para-hydroxylation sites is 1. The first kappa shape index (κ1) is 15.8. The number of fused-ring (bicyclic) bond motifs is 1. The molecule has 0 radical (unpaired) electrons. The van der Waals surface area contributed by atoms with Crippen molar-refractivity contribution in [3.8, 4) is 11.4 Å². The fourth-order valence-electron chi connectivity index (χ4n) is 2.74. The Hall–Kier alpha value is -3.74. The van der Waals surface area contributed by atoms with Gasteiger partial charge in [0.15, 0.2) is 0 Å². The van der Waals surface area contributed by atoms with Gasteiger partial charge in [0.1, 0.15) is 5.75 Å². The van der Waals surface area contributed by atoms with Crippen LogP contribution in [0.4, 0.5) is 5.95 Å². The Balaban J connectivity index is 1.64. The molecule has 26 heavy (non-hydrogen) atoms. The van der Waals surface area contributed by atoms with Crippen LogP contribution < -0.4 is 10.2 Å². The van der Waals surface area contributed by atoms with E-state index in [1.165, 1.54) is 0 Å². The number of benzene rings is 3. The summed E-state index contributed by atoms with van der Waals surface area (Å²) in [6.07, 6.45) is 1.67. The minimum atomic E-state index is 0.424. The van der Waals surface area contributed by atoms with E-state index < -0.39 is 0 Å². The van der Waals surface area contributed by atoms with Crippen molar-refractivity contribution in [3.05, 3.63) is 72.3 Å². The van der Waals surface area contributed by atoms with Gasteiger partial charge in [0.25, 0.3) is 5.95 Å². The summed E-state index contributed by atoms with van der Waals surface area (Å²) in [4.78, 5) is 0. The summed E-state index contributed by atoms with van der Waals surface area (Å²) in [7, 11) is 1.63. The first-order valence-corrected chi connectivity index (χ1v) is 8.05. The van der Waals surface area contributed by atoms with Gasteiger partial charge in [-0.2, -0.15) is 9.78 Å². The fraction of sp³-hybridized carbons (Fsp3) is 0.0526. The van der Waals surface area contributed by atoms with Gasteiger partial charge in [-0.3, -0.25) is 0 Å². The van der Waals surface area contributed by atoms with Crippen molar-refractivity contribution in [2.45, 2.75) is 0 Å². The highest BCUT2D eigenvalue weighted by Gasteiger charge is 2.10. The van der Waals surface area contributed by atoms with Crippen LogP contribution in [0.15, 0.2) is 71.8 Å². The largest absolute Gasteiger partial charge is 0.496 e. The van der Waals surface area contributed by atoms with Crippen LogP contribution in [-0.2, 0) is 0 Å². The lowest BCUT2D eigenvalue weighted by Gasteiger charge is -2.07. The number of hydrazone groups is 1. The highest BCUT2D eigenvalue weighted by atomic mass is 16.5. The predicted molar refractivity (Wildman–Crippen MR) is 101 cm³/mol. The van der Waals surface area contributed by atoms with E-state index in [-0.39, 0.29) is 0 Å². The van der Waals surface area contributed by atoms with Crippen LogP contribution >= 0.6 is 0 Å². The van der Waals surface area contributed by atoms with Gasteiger partial charge >= 0.3 is 0 Å². The molecule has 0 aliphatic carbocycles. The zero-order valence-electron chi connectivity index (χ0n) is 14.1. The molecule has 0 atom stereocenters. The SMILES string of the molecule is COc1ccccc1/C=N\Nc1nnnn1-c1cccc2ccccc12. The number of ether oxygens (including phenoxy) is 1. The van der Waals surface area contributed by atoms with E-state index in [0.29, 0.717) is 5.95 Å². The molecule has 128 valence electrons. The molecule has 4 aromatic rings. The maximum Gasteiger partial charge on any atom is 0.268 e. The molecule has 1 N–H and O–H groups in total. The van der Waals surface area contributed by atoms with Gasteiger partial charge in [-0.25, -0.2) is 5.43 Å². The number of rotatable bonds is 5.